The number of aromatic nitrogens is 3. The molecule has 3 rings (SSSR count). The minimum atomic E-state index is -0.244. The number of nitrogens with zero attached hydrogens (tertiary/aromatic N) is 3. The second kappa shape index (κ2) is 8.90. The third kappa shape index (κ3) is 4.56. The Balaban J connectivity index is 1.75. The number of pyridine rings is 1. The van der Waals surface area contributed by atoms with Crippen molar-refractivity contribution in [2.24, 2.45) is 0 Å². The molecule has 30 heavy (non-hydrogen) atoms. The molecule has 7 nitrogen and oxygen atoms in total. The maximum Gasteiger partial charge on any atom is 0.259 e. The molecule has 0 aliphatic heterocycles. The summed E-state index contributed by atoms with van der Waals surface area (Å²) < 4.78 is 1.77. The lowest BCUT2D eigenvalue weighted by atomic mass is 10.1. The van der Waals surface area contributed by atoms with Crippen LogP contribution in [-0.2, 0) is 6.54 Å². The third-order valence-corrected chi connectivity index (χ3v) is 5.18. The monoisotopic (exact) mass is 405 g/mol. The zero-order chi connectivity index (χ0) is 21.8. The van der Waals surface area contributed by atoms with Crippen LogP contribution in [0.2, 0.25) is 0 Å². The molecule has 2 aromatic heterocycles. The van der Waals surface area contributed by atoms with Gasteiger partial charge < -0.3 is 10.6 Å². The van der Waals surface area contributed by atoms with Crippen LogP contribution in [-0.4, -0.2) is 26.6 Å². The topological polar surface area (TPSA) is 88.9 Å². The highest BCUT2D eigenvalue weighted by Gasteiger charge is 2.17. The number of carbonyl (C=O) groups is 2. The summed E-state index contributed by atoms with van der Waals surface area (Å²) in [7, 11) is 0. The van der Waals surface area contributed by atoms with E-state index >= 15 is 0 Å². The Kier molecular flexibility index (Phi) is 6.30. The van der Waals surface area contributed by atoms with E-state index in [0.29, 0.717) is 23.4 Å². The minimum Gasteiger partial charge on any atom is -0.345 e. The zero-order valence-corrected chi connectivity index (χ0v) is 18.0. The van der Waals surface area contributed by atoms with Crippen molar-refractivity contribution in [3.63, 3.8) is 0 Å². The van der Waals surface area contributed by atoms with E-state index in [1.54, 1.807) is 29.2 Å². The molecule has 2 heterocycles. The number of nitrogens with one attached hydrogen (secondary N) is 2. The van der Waals surface area contributed by atoms with E-state index in [4.69, 9.17) is 0 Å². The summed E-state index contributed by atoms with van der Waals surface area (Å²) in [6.45, 7) is 10.3. The molecule has 0 bridgehead atoms. The number of hydrogen-bond acceptors (Lipinski definition) is 4. The first-order valence-electron chi connectivity index (χ1n) is 9.98. The van der Waals surface area contributed by atoms with Gasteiger partial charge in [0.1, 0.15) is 0 Å². The number of anilines is 1. The number of rotatable bonds is 6. The molecule has 7 heteroatoms. The lowest BCUT2D eigenvalue weighted by molar-refractivity contribution is 0.0938. The van der Waals surface area contributed by atoms with Crippen LogP contribution in [0.25, 0.3) is 0 Å². The summed E-state index contributed by atoms with van der Waals surface area (Å²) in [5.74, 6) is -0.458. The second-order valence-corrected chi connectivity index (χ2v) is 7.37. The molecule has 1 unspecified atom stereocenters. The fraction of sp³-hybridized carbons (Fsp3) is 0.304. The maximum absolute atomic E-state index is 12.8. The molecule has 0 fully saturated rings. The molecule has 2 N–H and O–H groups in total. The van der Waals surface area contributed by atoms with E-state index in [1.165, 1.54) is 0 Å². The fourth-order valence-corrected chi connectivity index (χ4v) is 3.17. The van der Waals surface area contributed by atoms with Crippen LogP contribution in [0.15, 0.2) is 42.7 Å². The van der Waals surface area contributed by atoms with E-state index in [0.717, 1.165) is 22.5 Å². The number of carbonyl (C=O) groups excluding carboxylic acids is 2. The predicted octanol–water partition coefficient (Wildman–Crippen LogP) is 3.97. The Morgan fingerprint density at radius 2 is 1.83 bits per heavy atom. The van der Waals surface area contributed by atoms with Crippen LogP contribution in [0.1, 0.15) is 63.1 Å². The van der Waals surface area contributed by atoms with Gasteiger partial charge in [0, 0.05) is 35.4 Å². The van der Waals surface area contributed by atoms with Crippen LogP contribution < -0.4 is 10.6 Å². The number of aryl methyl sites for hydroxylation is 3. The van der Waals surface area contributed by atoms with E-state index < -0.39 is 0 Å². The zero-order valence-electron chi connectivity index (χ0n) is 18.0. The standard InChI is InChI=1S/C23H27N5O2/c1-6-28-17(5)20(13-25-28)23(30)27-21-11-18(9-7-14(21)2)22(29)26-16(4)19-10-8-15(3)24-12-19/h7-13,16H,6H2,1-5H3,(H,26,29)(H,27,30). The van der Waals surface area contributed by atoms with Crippen LogP contribution in [0.4, 0.5) is 5.69 Å². The molecule has 0 aliphatic carbocycles. The van der Waals surface area contributed by atoms with Gasteiger partial charge in [-0.2, -0.15) is 5.10 Å². The highest BCUT2D eigenvalue weighted by Crippen LogP contribution is 2.20. The van der Waals surface area contributed by atoms with Gasteiger partial charge >= 0.3 is 0 Å². The van der Waals surface area contributed by atoms with E-state index in [2.05, 4.69) is 20.7 Å². The lowest BCUT2D eigenvalue weighted by Crippen LogP contribution is -2.27. The Bertz CT molecular complexity index is 1070. The summed E-state index contributed by atoms with van der Waals surface area (Å²) >= 11 is 0. The van der Waals surface area contributed by atoms with Crippen molar-refractivity contribution < 1.29 is 9.59 Å². The Morgan fingerprint density at radius 3 is 2.47 bits per heavy atom. The number of benzene rings is 1. The van der Waals surface area contributed by atoms with Gasteiger partial charge in [0.2, 0.25) is 0 Å². The Morgan fingerprint density at radius 1 is 1.07 bits per heavy atom. The SMILES string of the molecule is CCn1ncc(C(=O)Nc2cc(C(=O)NC(C)c3ccc(C)nc3)ccc2C)c1C. The van der Waals surface area contributed by atoms with Gasteiger partial charge in [-0.1, -0.05) is 12.1 Å². The second-order valence-electron chi connectivity index (χ2n) is 7.37. The molecule has 0 spiro atoms. The quantitative estimate of drug-likeness (QED) is 0.649. The Labute approximate surface area is 176 Å². The fourth-order valence-electron chi connectivity index (χ4n) is 3.17. The first-order chi connectivity index (χ1) is 14.3. The van der Waals surface area contributed by atoms with Gasteiger partial charge in [0.25, 0.3) is 11.8 Å². The molecule has 0 saturated carbocycles. The first kappa shape index (κ1) is 21.2. The highest BCUT2D eigenvalue weighted by atomic mass is 16.2. The third-order valence-electron chi connectivity index (χ3n) is 5.18. The van der Waals surface area contributed by atoms with Crippen LogP contribution in [0.5, 0.6) is 0 Å². The van der Waals surface area contributed by atoms with E-state index in [9.17, 15) is 9.59 Å². The maximum atomic E-state index is 12.8. The smallest absolute Gasteiger partial charge is 0.259 e. The molecule has 0 radical (unpaired) electrons. The van der Waals surface area contributed by atoms with Crippen molar-refractivity contribution >= 4 is 17.5 Å². The molecule has 1 aromatic carbocycles. The average Bonchev–Trinajstić information content (AvgIpc) is 3.10. The lowest BCUT2D eigenvalue weighted by Gasteiger charge is -2.15. The van der Waals surface area contributed by atoms with Crippen molar-refractivity contribution in [1.82, 2.24) is 20.1 Å². The van der Waals surface area contributed by atoms with Crippen molar-refractivity contribution in [2.75, 3.05) is 5.32 Å². The number of amides is 2. The van der Waals surface area contributed by atoms with Gasteiger partial charge in [0.05, 0.1) is 17.8 Å². The van der Waals surface area contributed by atoms with Gasteiger partial charge in [0.15, 0.2) is 0 Å². The highest BCUT2D eigenvalue weighted by molar-refractivity contribution is 6.06. The molecule has 156 valence electrons. The summed E-state index contributed by atoms with van der Waals surface area (Å²) in [5, 5.41) is 10.1. The van der Waals surface area contributed by atoms with Gasteiger partial charge in [-0.3, -0.25) is 19.3 Å². The molecule has 3 aromatic rings. The van der Waals surface area contributed by atoms with E-state index in [-0.39, 0.29) is 17.9 Å². The van der Waals surface area contributed by atoms with Crippen molar-refractivity contribution in [1.29, 1.82) is 0 Å². The normalized spacial score (nSPS) is 11.8. The molecular weight excluding hydrogens is 378 g/mol. The van der Waals surface area contributed by atoms with Gasteiger partial charge in [-0.05, 0) is 63.9 Å². The molecule has 2 amide bonds. The summed E-state index contributed by atoms with van der Waals surface area (Å²) in [5.41, 5.74) is 5.13. The van der Waals surface area contributed by atoms with E-state index in [1.807, 2.05) is 52.8 Å². The van der Waals surface area contributed by atoms with Crippen molar-refractivity contribution in [3.8, 4) is 0 Å². The van der Waals surface area contributed by atoms with Crippen LogP contribution in [0, 0.1) is 20.8 Å². The van der Waals surface area contributed by atoms with Gasteiger partial charge in [-0.25, -0.2) is 0 Å². The molecular formula is C23H27N5O2. The predicted molar refractivity (Wildman–Crippen MR) is 117 cm³/mol. The van der Waals surface area contributed by atoms with Gasteiger partial charge in [-0.15, -0.1) is 0 Å². The van der Waals surface area contributed by atoms with Crippen molar-refractivity contribution in [2.45, 2.75) is 47.2 Å². The Hall–Kier alpha value is -3.48. The first-order valence-corrected chi connectivity index (χ1v) is 9.98. The van der Waals surface area contributed by atoms with Crippen LogP contribution >= 0.6 is 0 Å². The summed E-state index contributed by atoms with van der Waals surface area (Å²) in [4.78, 5) is 29.7. The largest absolute Gasteiger partial charge is 0.345 e. The number of hydrogen-bond donors (Lipinski definition) is 2. The molecule has 0 saturated heterocycles. The molecule has 0 aliphatic rings. The van der Waals surface area contributed by atoms with Crippen LogP contribution in [0.3, 0.4) is 0 Å². The van der Waals surface area contributed by atoms with Crippen molar-refractivity contribution in [3.05, 3.63) is 76.4 Å². The average molecular weight is 406 g/mol. The minimum absolute atomic E-state index is 0.188. The summed E-state index contributed by atoms with van der Waals surface area (Å²) in [6.07, 6.45) is 3.33. The molecule has 1 atom stereocenters. The summed E-state index contributed by atoms with van der Waals surface area (Å²) in [6, 6.07) is 8.95.